The summed E-state index contributed by atoms with van der Waals surface area (Å²) in [6.07, 6.45) is 7.82. The fourth-order valence-corrected chi connectivity index (χ4v) is 1.94. The van der Waals surface area contributed by atoms with Crippen LogP contribution in [0.3, 0.4) is 0 Å². The number of amides is 1. The van der Waals surface area contributed by atoms with Crippen LogP contribution in [0.1, 0.15) is 5.82 Å². The molecule has 3 aromatic rings. The van der Waals surface area contributed by atoms with Gasteiger partial charge in [-0.05, 0) is 13.0 Å². The summed E-state index contributed by atoms with van der Waals surface area (Å²) in [6.45, 7) is 1.66. The summed E-state index contributed by atoms with van der Waals surface area (Å²) in [7, 11) is 0. The number of aromatic nitrogens is 6. The molecule has 0 fully saturated rings. The van der Waals surface area contributed by atoms with Crippen molar-refractivity contribution >= 4 is 11.6 Å². The number of anilines is 1. The number of hydrogen-bond donors (Lipinski definition) is 1. The minimum absolute atomic E-state index is 0.179. The molecule has 9 nitrogen and oxygen atoms in total. The highest BCUT2D eigenvalue weighted by Gasteiger charge is 2.08. The van der Waals surface area contributed by atoms with Gasteiger partial charge < -0.3 is 5.32 Å². The SMILES string of the molecule is Cc1nccn1-c1ncc(NC(=O)Cn2ncccc2=O)cn1. The van der Waals surface area contributed by atoms with Crippen LogP contribution >= 0.6 is 0 Å². The molecule has 3 rings (SSSR count). The molecule has 0 atom stereocenters. The molecule has 1 amide bonds. The van der Waals surface area contributed by atoms with Gasteiger partial charge in [-0.25, -0.2) is 19.6 Å². The first-order chi connectivity index (χ1) is 11.1. The Morgan fingerprint density at radius 2 is 2.00 bits per heavy atom. The Bertz CT molecular complexity index is 882. The summed E-state index contributed by atoms with van der Waals surface area (Å²) in [6, 6.07) is 2.85. The molecule has 0 saturated heterocycles. The number of rotatable bonds is 4. The number of carbonyl (C=O) groups is 1. The average Bonchev–Trinajstić information content (AvgIpc) is 2.96. The summed E-state index contributed by atoms with van der Waals surface area (Å²) < 4.78 is 2.79. The van der Waals surface area contributed by atoms with Gasteiger partial charge in [0.15, 0.2) is 0 Å². The Morgan fingerprint density at radius 1 is 1.22 bits per heavy atom. The van der Waals surface area contributed by atoms with E-state index in [1.54, 1.807) is 17.0 Å². The van der Waals surface area contributed by atoms with Gasteiger partial charge in [0, 0.05) is 24.7 Å². The lowest BCUT2D eigenvalue weighted by Gasteiger charge is -2.07. The molecule has 0 saturated carbocycles. The number of hydrogen-bond acceptors (Lipinski definition) is 6. The Kier molecular flexibility index (Phi) is 3.91. The highest BCUT2D eigenvalue weighted by atomic mass is 16.2. The zero-order valence-electron chi connectivity index (χ0n) is 12.2. The number of nitrogens with zero attached hydrogens (tertiary/aromatic N) is 6. The Balaban J connectivity index is 1.69. The highest BCUT2D eigenvalue weighted by molar-refractivity contribution is 5.90. The molecule has 0 aliphatic heterocycles. The second-order valence-electron chi connectivity index (χ2n) is 4.68. The molecule has 0 unspecified atom stereocenters. The van der Waals surface area contributed by atoms with Gasteiger partial charge in [-0.2, -0.15) is 5.10 Å². The Labute approximate surface area is 130 Å². The van der Waals surface area contributed by atoms with Crippen molar-refractivity contribution in [2.75, 3.05) is 5.32 Å². The molecule has 0 radical (unpaired) electrons. The molecule has 1 N–H and O–H groups in total. The van der Waals surface area contributed by atoms with Crippen molar-refractivity contribution in [1.29, 1.82) is 0 Å². The predicted molar refractivity (Wildman–Crippen MR) is 81.0 cm³/mol. The molecule has 0 aliphatic carbocycles. The van der Waals surface area contributed by atoms with Crippen molar-refractivity contribution in [3.63, 3.8) is 0 Å². The van der Waals surface area contributed by atoms with Crippen molar-refractivity contribution in [2.24, 2.45) is 0 Å². The third kappa shape index (κ3) is 3.28. The molecule has 0 aliphatic rings. The van der Waals surface area contributed by atoms with Gasteiger partial charge in [-0.3, -0.25) is 14.2 Å². The van der Waals surface area contributed by atoms with Gasteiger partial charge >= 0.3 is 0 Å². The molecule has 3 heterocycles. The number of carbonyl (C=O) groups excluding carboxylic acids is 1. The highest BCUT2D eigenvalue weighted by Crippen LogP contribution is 2.08. The summed E-state index contributed by atoms with van der Waals surface area (Å²) in [4.78, 5) is 35.9. The lowest BCUT2D eigenvalue weighted by atomic mass is 10.4. The van der Waals surface area contributed by atoms with Crippen LogP contribution in [0.5, 0.6) is 0 Å². The third-order valence-corrected chi connectivity index (χ3v) is 3.04. The van der Waals surface area contributed by atoms with Crippen LogP contribution in [0.4, 0.5) is 5.69 Å². The van der Waals surface area contributed by atoms with E-state index in [-0.39, 0.29) is 18.0 Å². The molecule has 116 valence electrons. The maximum atomic E-state index is 11.9. The molecule has 0 aromatic carbocycles. The maximum Gasteiger partial charge on any atom is 0.267 e. The van der Waals surface area contributed by atoms with E-state index >= 15 is 0 Å². The number of aryl methyl sites for hydroxylation is 1. The second-order valence-corrected chi connectivity index (χ2v) is 4.68. The molecule has 0 spiro atoms. The number of nitrogens with one attached hydrogen (secondary N) is 1. The summed E-state index contributed by atoms with van der Waals surface area (Å²) >= 11 is 0. The molecule has 9 heteroatoms. The summed E-state index contributed by atoms with van der Waals surface area (Å²) in [5.74, 6) is 0.830. The third-order valence-electron chi connectivity index (χ3n) is 3.04. The van der Waals surface area contributed by atoms with Crippen molar-refractivity contribution in [3.05, 3.63) is 59.3 Å². The van der Waals surface area contributed by atoms with Crippen molar-refractivity contribution in [2.45, 2.75) is 13.5 Å². The van der Waals surface area contributed by atoms with E-state index in [4.69, 9.17) is 0 Å². The van der Waals surface area contributed by atoms with Crippen LogP contribution in [-0.4, -0.2) is 35.2 Å². The standard InChI is InChI=1S/C14H13N7O2/c1-10-15-5-6-20(10)14-16-7-11(8-17-14)19-12(22)9-21-13(23)3-2-4-18-21/h2-8H,9H2,1H3,(H,19,22). The van der Waals surface area contributed by atoms with E-state index in [0.29, 0.717) is 11.6 Å². The first-order valence-corrected chi connectivity index (χ1v) is 6.78. The van der Waals surface area contributed by atoms with Gasteiger partial charge in [-0.15, -0.1) is 0 Å². The normalized spacial score (nSPS) is 10.5. The fourth-order valence-electron chi connectivity index (χ4n) is 1.94. The fraction of sp³-hybridized carbons (Fsp3) is 0.143. The molecule has 3 aromatic heterocycles. The van der Waals surface area contributed by atoms with E-state index in [2.05, 4.69) is 25.4 Å². The Hall–Kier alpha value is -3.36. The predicted octanol–water partition coefficient (Wildman–Crippen LogP) is 0.166. The Morgan fingerprint density at radius 3 is 2.65 bits per heavy atom. The number of imidazole rings is 1. The van der Waals surface area contributed by atoms with Crippen molar-refractivity contribution < 1.29 is 4.79 Å². The van der Waals surface area contributed by atoms with E-state index in [9.17, 15) is 9.59 Å². The molecular weight excluding hydrogens is 298 g/mol. The first kappa shape index (κ1) is 14.6. The smallest absolute Gasteiger partial charge is 0.267 e. The monoisotopic (exact) mass is 311 g/mol. The van der Waals surface area contributed by atoms with Gasteiger partial charge in [0.25, 0.3) is 5.56 Å². The second kappa shape index (κ2) is 6.18. The summed E-state index contributed by atoms with van der Waals surface area (Å²) in [5, 5.41) is 6.44. The lowest BCUT2D eigenvalue weighted by Crippen LogP contribution is -2.28. The lowest BCUT2D eigenvalue weighted by molar-refractivity contribution is -0.117. The van der Waals surface area contributed by atoms with E-state index < -0.39 is 0 Å². The zero-order chi connectivity index (χ0) is 16.2. The zero-order valence-corrected chi connectivity index (χ0v) is 12.2. The molecule has 23 heavy (non-hydrogen) atoms. The first-order valence-electron chi connectivity index (χ1n) is 6.78. The van der Waals surface area contributed by atoms with Crippen LogP contribution < -0.4 is 10.9 Å². The van der Waals surface area contributed by atoms with E-state index in [1.807, 2.05) is 6.92 Å². The van der Waals surface area contributed by atoms with Crippen LogP contribution in [-0.2, 0) is 11.3 Å². The van der Waals surface area contributed by atoms with Crippen LogP contribution in [0, 0.1) is 6.92 Å². The van der Waals surface area contributed by atoms with Crippen molar-refractivity contribution in [1.82, 2.24) is 29.3 Å². The van der Waals surface area contributed by atoms with Gasteiger partial charge in [0.2, 0.25) is 11.9 Å². The van der Waals surface area contributed by atoms with Crippen LogP contribution in [0.25, 0.3) is 5.95 Å². The topological polar surface area (TPSA) is 108 Å². The van der Waals surface area contributed by atoms with E-state index in [0.717, 1.165) is 10.5 Å². The molecule has 0 bridgehead atoms. The van der Waals surface area contributed by atoms with Crippen LogP contribution in [0.2, 0.25) is 0 Å². The molecular formula is C14H13N7O2. The van der Waals surface area contributed by atoms with Crippen molar-refractivity contribution in [3.8, 4) is 5.95 Å². The minimum atomic E-state index is -0.388. The van der Waals surface area contributed by atoms with E-state index in [1.165, 1.54) is 30.7 Å². The van der Waals surface area contributed by atoms with Gasteiger partial charge in [0.1, 0.15) is 12.4 Å². The average molecular weight is 311 g/mol. The quantitative estimate of drug-likeness (QED) is 0.735. The summed E-state index contributed by atoms with van der Waals surface area (Å²) in [5.41, 5.74) is 0.0883. The van der Waals surface area contributed by atoms with Gasteiger partial charge in [0.05, 0.1) is 18.1 Å². The maximum absolute atomic E-state index is 11.9. The largest absolute Gasteiger partial charge is 0.322 e. The van der Waals surface area contributed by atoms with Gasteiger partial charge in [-0.1, -0.05) is 0 Å². The van der Waals surface area contributed by atoms with Crippen LogP contribution in [0.15, 0.2) is 47.9 Å². The minimum Gasteiger partial charge on any atom is -0.322 e.